The van der Waals surface area contributed by atoms with Crippen molar-refractivity contribution in [3.8, 4) is 5.75 Å². The minimum atomic E-state index is -5.11. The van der Waals surface area contributed by atoms with Gasteiger partial charge in [0.15, 0.2) is 5.75 Å². The van der Waals surface area contributed by atoms with Crippen molar-refractivity contribution in [2.75, 3.05) is 36.7 Å². The number of sulfonamides is 1. The number of anilines is 1. The molecule has 1 amide bonds. The van der Waals surface area contributed by atoms with Gasteiger partial charge in [-0.15, -0.1) is 13.2 Å². The fraction of sp³-hybridized carbons (Fsp3) is 0.409. The molecule has 0 spiro atoms. The molecule has 1 aliphatic heterocycles. The summed E-state index contributed by atoms with van der Waals surface area (Å²) in [5, 5.41) is 0. The van der Waals surface area contributed by atoms with Gasteiger partial charge in [0.2, 0.25) is 10.0 Å². The molecule has 7 nitrogen and oxygen atoms in total. The van der Waals surface area contributed by atoms with Crippen molar-refractivity contribution < 1.29 is 45.7 Å². The molecular weight excluding hydrogens is 516 g/mol. The lowest BCUT2D eigenvalue weighted by atomic mass is 10.1. The topological polar surface area (TPSA) is 79.0 Å². The number of carbonyl (C=O) groups is 1. The Hall–Kier alpha value is -3.00. The normalized spacial score (nSPS) is 15.6. The van der Waals surface area contributed by atoms with Gasteiger partial charge in [-0.25, -0.2) is 8.42 Å². The van der Waals surface area contributed by atoms with Crippen LogP contribution in [0.4, 0.5) is 32.0 Å². The molecule has 14 heteroatoms. The van der Waals surface area contributed by atoms with Crippen LogP contribution in [-0.4, -0.2) is 62.4 Å². The average Bonchev–Trinajstić information content (AvgIpc) is 2.79. The van der Waals surface area contributed by atoms with E-state index in [4.69, 9.17) is 0 Å². The minimum Gasteiger partial charge on any atom is -0.404 e. The first kappa shape index (κ1) is 27.6. The van der Waals surface area contributed by atoms with Crippen LogP contribution < -0.4 is 9.46 Å². The van der Waals surface area contributed by atoms with Crippen LogP contribution in [0.5, 0.6) is 5.75 Å². The zero-order valence-electron chi connectivity index (χ0n) is 19.0. The van der Waals surface area contributed by atoms with Crippen molar-refractivity contribution in [3.05, 3.63) is 59.2 Å². The Bertz CT molecular complexity index is 1180. The van der Waals surface area contributed by atoms with Crippen LogP contribution in [0.15, 0.2) is 42.5 Å². The third-order valence-electron chi connectivity index (χ3n) is 5.45. The molecule has 0 unspecified atom stereocenters. The molecule has 36 heavy (non-hydrogen) atoms. The highest BCUT2D eigenvalue weighted by atomic mass is 32.2. The van der Waals surface area contributed by atoms with Gasteiger partial charge in [-0.3, -0.25) is 14.4 Å². The molecule has 0 aromatic heterocycles. The van der Waals surface area contributed by atoms with Gasteiger partial charge < -0.3 is 9.64 Å². The van der Waals surface area contributed by atoms with Crippen molar-refractivity contribution in [1.82, 2.24) is 9.80 Å². The summed E-state index contributed by atoms with van der Waals surface area (Å²) in [6.45, 7) is 2.94. The van der Waals surface area contributed by atoms with Gasteiger partial charge in [0, 0.05) is 39.7 Å². The summed E-state index contributed by atoms with van der Waals surface area (Å²) in [7, 11) is -3.90. The smallest absolute Gasteiger partial charge is 0.404 e. The number of alkyl halides is 6. The maximum Gasteiger partial charge on any atom is 0.573 e. The van der Waals surface area contributed by atoms with Gasteiger partial charge in [0.05, 0.1) is 17.0 Å². The van der Waals surface area contributed by atoms with Gasteiger partial charge in [-0.05, 0) is 42.8 Å². The predicted molar refractivity (Wildman–Crippen MR) is 121 cm³/mol. The van der Waals surface area contributed by atoms with Crippen molar-refractivity contribution in [3.63, 3.8) is 0 Å². The monoisotopic (exact) mass is 541 g/mol. The van der Waals surface area contributed by atoms with E-state index in [9.17, 15) is 39.6 Å². The highest BCUT2D eigenvalue weighted by Gasteiger charge is 2.34. The number of nitrogens with zero attached hydrogens (tertiary/aromatic N) is 2. The molecule has 2 aromatic carbocycles. The van der Waals surface area contributed by atoms with Crippen LogP contribution in [0.2, 0.25) is 0 Å². The average molecular weight is 542 g/mol. The van der Waals surface area contributed by atoms with Crippen LogP contribution in [-0.2, 0) is 22.7 Å². The van der Waals surface area contributed by atoms with Gasteiger partial charge in [-0.2, -0.15) is 13.2 Å². The second-order valence-electron chi connectivity index (χ2n) is 8.03. The maximum atomic E-state index is 12.9. The van der Waals surface area contributed by atoms with Crippen LogP contribution >= 0.6 is 0 Å². The van der Waals surface area contributed by atoms with Gasteiger partial charge >= 0.3 is 12.5 Å². The SMILES string of the molecule is CCS(=O)(=O)Nc1ccc(C(=O)N2CCN(Cc3ccc(C(F)(F)F)cc3)CC2)cc1OC(F)(F)F.[HH]. The van der Waals surface area contributed by atoms with E-state index in [0.29, 0.717) is 25.2 Å². The highest BCUT2D eigenvalue weighted by molar-refractivity contribution is 7.92. The second-order valence-corrected chi connectivity index (χ2v) is 10.0. The molecule has 1 N–H and O–H groups in total. The summed E-state index contributed by atoms with van der Waals surface area (Å²) < 4.78 is 106. The zero-order chi connectivity index (χ0) is 26.7. The number of benzene rings is 2. The number of amides is 1. The van der Waals surface area contributed by atoms with E-state index in [1.54, 1.807) is 0 Å². The van der Waals surface area contributed by atoms with Crippen molar-refractivity contribution in [2.45, 2.75) is 26.0 Å². The summed E-state index contributed by atoms with van der Waals surface area (Å²) in [5.41, 5.74) is -0.650. The Morgan fingerprint density at radius 2 is 1.61 bits per heavy atom. The Balaban J connectivity index is 0.00000481. The Labute approximate surface area is 205 Å². The second kappa shape index (κ2) is 10.5. The van der Waals surface area contributed by atoms with E-state index in [2.05, 4.69) is 4.74 Å². The summed E-state index contributed by atoms with van der Waals surface area (Å²) in [4.78, 5) is 16.3. The van der Waals surface area contributed by atoms with E-state index in [1.807, 2.05) is 9.62 Å². The van der Waals surface area contributed by atoms with Crippen molar-refractivity contribution in [1.29, 1.82) is 0 Å². The fourth-order valence-electron chi connectivity index (χ4n) is 3.54. The Morgan fingerprint density at radius 3 is 2.14 bits per heavy atom. The number of piperazine rings is 1. The molecule has 0 aliphatic carbocycles. The lowest BCUT2D eigenvalue weighted by Gasteiger charge is -2.35. The number of halogens is 6. The first-order valence-corrected chi connectivity index (χ1v) is 12.4. The first-order chi connectivity index (χ1) is 16.7. The Morgan fingerprint density at radius 1 is 1.00 bits per heavy atom. The molecule has 3 rings (SSSR count). The zero-order valence-corrected chi connectivity index (χ0v) is 19.8. The van der Waals surface area contributed by atoms with Crippen molar-refractivity contribution >= 4 is 21.6 Å². The highest BCUT2D eigenvalue weighted by Crippen LogP contribution is 2.33. The molecule has 0 radical (unpaired) electrons. The van der Waals surface area contributed by atoms with E-state index in [0.717, 1.165) is 24.3 Å². The van der Waals surface area contributed by atoms with Crippen LogP contribution in [0.25, 0.3) is 0 Å². The first-order valence-electron chi connectivity index (χ1n) is 10.7. The Kier molecular flexibility index (Phi) is 8.08. The van der Waals surface area contributed by atoms with Crippen LogP contribution in [0, 0.1) is 0 Å². The molecule has 1 fully saturated rings. The third kappa shape index (κ3) is 7.50. The van der Waals surface area contributed by atoms with Gasteiger partial charge in [-0.1, -0.05) is 12.1 Å². The maximum absolute atomic E-state index is 12.9. The van der Waals surface area contributed by atoms with Crippen LogP contribution in [0.1, 0.15) is 29.8 Å². The number of hydrogen-bond acceptors (Lipinski definition) is 5. The number of carbonyl (C=O) groups excluding carboxylic acids is 1. The molecule has 0 atom stereocenters. The van der Waals surface area contributed by atoms with E-state index < -0.39 is 45.5 Å². The number of hydrogen-bond donors (Lipinski definition) is 1. The van der Waals surface area contributed by atoms with E-state index >= 15 is 0 Å². The summed E-state index contributed by atoms with van der Waals surface area (Å²) >= 11 is 0. The largest absolute Gasteiger partial charge is 0.573 e. The molecule has 200 valence electrons. The lowest BCUT2D eigenvalue weighted by molar-refractivity contribution is -0.274. The van der Waals surface area contributed by atoms with E-state index in [1.165, 1.54) is 30.0 Å². The van der Waals surface area contributed by atoms with Gasteiger partial charge in [0.1, 0.15) is 0 Å². The van der Waals surface area contributed by atoms with Gasteiger partial charge in [0.25, 0.3) is 5.91 Å². The summed E-state index contributed by atoms with van der Waals surface area (Å²) in [6.07, 6.45) is -9.54. The molecule has 0 bridgehead atoms. The number of nitrogens with one attached hydrogen (secondary N) is 1. The number of rotatable bonds is 7. The van der Waals surface area contributed by atoms with Crippen LogP contribution in [0.3, 0.4) is 0 Å². The quantitative estimate of drug-likeness (QED) is 0.520. The standard InChI is InChI=1S/C22H23F6N3O4S.H2/c1-2-36(33,34)29-18-8-5-16(13-19(18)35-22(26,27)28)20(32)31-11-9-30(10-12-31)14-15-3-6-17(7-4-15)21(23,24)25;/h3-8,13,29H,2,9-12,14H2,1H3;1H. The predicted octanol–water partition coefficient (Wildman–Crippen LogP) is 4.57. The summed E-state index contributed by atoms with van der Waals surface area (Å²) in [5.74, 6) is -1.80. The molecule has 1 heterocycles. The molecular formula is C22H25F6N3O4S. The molecule has 2 aromatic rings. The molecule has 0 saturated carbocycles. The minimum absolute atomic E-state index is 0. The van der Waals surface area contributed by atoms with E-state index in [-0.39, 0.29) is 25.8 Å². The lowest BCUT2D eigenvalue weighted by Crippen LogP contribution is -2.48. The number of ether oxygens (including phenoxy) is 1. The molecule has 1 saturated heterocycles. The van der Waals surface area contributed by atoms with Crippen molar-refractivity contribution in [2.24, 2.45) is 0 Å². The fourth-order valence-corrected chi connectivity index (χ4v) is 4.19. The summed E-state index contributed by atoms with van der Waals surface area (Å²) in [6, 6.07) is 7.83. The molecule has 1 aliphatic rings. The third-order valence-corrected chi connectivity index (χ3v) is 6.74.